The van der Waals surface area contributed by atoms with Crippen molar-refractivity contribution >= 4 is 20.0 Å². The van der Waals surface area contributed by atoms with Gasteiger partial charge in [0.1, 0.15) is 5.75 Å². The highest BCUT2D eigenvalue weighted by molar-refractivity contribution is 7.89. The molecule has 8 nitrogen and oxygen atoms in total. The Labute approximate surface area is 143 Å². The van der Waals surface area contributed by atoms with Crippen LogP contribution < -0.4 is 9.46 Å². The fourth-order valence-electron chi connectivity index (χ4n) is 2.07. The minimum Gasteiger partial charge on any atom is -0.497 e. The predicted molar refractivity (Wildman–Crippen MR) is 91.2 cm³/mol. The molecule has 10 heteroatoms. The number of nitrogens with zero attached hydrogens (tertiary/aromatic N) is 1. The molecule has 24 heavy (non-hydrogen) atoms. The molecule has 0 unspecified atom stereocenters. The molecule has 0 heterocycles. The lowest BCUT2D eigenvalue weighted by Gasteiger charge is -2.19. The van der Waals surface area contributed by atoms with E-state index in [1.165, 1.54) is 24.6 Å². The maximum atomic E-state index is 12.4. The van der Waals surface area contributed by atoms with Crippen LogP contribution in [0.4, 0.5) is 0 Å². The summed E-state index contributed by atoms with van der Waals surface area (Å²) in [5.41, 5.74) is 0.543. The molecule has 0 aliphatic heterocycles. The first-order chi connectivity index (χ1) is 11.1. The molecule has 0 saturated carbocycles. The van der Waals surface area contributed by atoms with Crippen LogP contribution in [0.2, 0.25) is 0 Å². The Bertz CT molecular complexity index is 747. The van der Waals surface area contributed by atoms with Gasteiger partial charge < -0.3 is 9.47 Å². The number of hydrogen-bond donors (Lipinski definition) is 1. The summed E-state index contributed by atoms with van der Waals surface area (Å²) >= 11 is 0. The average Bonchev–Trinajstić information content (AvgIpc) is 2.48. The zero-order valence-corrected chi connectivity index (χ0v) is 15.9. The van der Waals surface area contributed by atoms with Crippen LogP contribution in [0.1, 0.15) is 5.56 Å². The summed E-state index contributed by atoms with van der Waals surface area (Å²) in [6.45, 7) is 2.05. The van der Waals surface area contributed by atoms with Crippen molar-refractivity contribution in [2.24, 2.45) is 0 Å². The quantitative estimate of drug-likeness (QED) is 0.622. The zero-order valence-electron chi connectivity index (χ0n) is 14.3. The second-order valence-corrected chi connectivity index (χ2v) is 8.90. The normalized spacial score (nSPS) is 12.5. The smallest absolute Gasteiger partial charge is 0.240 e. The van der Waals surface area contributed by atoms with Gasteiger partial charge in [0.25, 0.3) is 0 Å². The Morgan fingerprint density at radius 2 is 1.79 bits per heavy atom. The maximum absolute atomic E-state index is 12.4. The largest absolute Gasteiger partial charge is 0.497 e. The molecule has 0 spiro atoms. The molecule has 1 N–H and O–H groups in total. The van der Waals surface area contributed by atoms with E-state index in [-0.39, 0.29) is 31.1 Å². The van der Waals surface area contributed by atoms with E-state index in [2.05, 4.69) is 4.72 Å². The summed E-state index contributed by atoms with van der Waals surface area (Å²) in [5, 5.41) is 0. The summed E-state index contributed by atoms with van der Waals surface area (Å²) in [6.07, 6.45) is 1.07. The number of hydrogen-bond acceptors (Lipinski definition) is 6. The van der Waals surface area contributed by atoms with Crippen LogP contribution in [0.15, 0.2) is 23.1 Å². The second kappa shape index (κ2) is 8.77. The van der Waals surface area contributed by atoms with Crippen molar-refractivity contribution in [2.75, 3.05) is 46.7 Å². The van der Waals surface area contributed by atoms with E-state index in [0.29, 0.717) is 11.3 Å². The predicted octanol–water partition coefficient (Wildman–Crippen LogP) is 0.190. The molecule has 0 fully saturated rings. The van der Waals surface area contributed by atoms with Gasteiger partial charge in [0, 0.05) is 26.7 Å². The Kier molecular flexibility index (Phi) is 7.61. The number of methoxy groups -OCH3 is 2. The zero-order chi connectivity index (χ0) is 18.4. The van der Waals surface area contributed by atoms with Gasteiger partial charge in [0.05, 0.1) is 24.9 Å². The number of aryl methyl sites for hydroxylation is 1. The standard InChI is InChI=1S/C14H24N2O6S2/c1-12-11-13(22-3)5-6-14(12)24(19,20)15-7-8-16(9-10-21-2)23(4,17)18/h5-6,11,15H,7-10H2,1-4H3. The monoisotopic (exact) mass is 380 g/mol. The van der Waals surface area contributed by atoms with Gasteiger partial charge in [-0.25, -0.2) is 21.6 Å². The van der Waals surface area contributed by atoms with Crippen molar-refractivity contribution in [2.45, 2.75) is 11.8 Å². The van der Waals surface area contributed by atoms with Crippen LogP contribution >= 0.6 is 0 Å². The van der Waals surface area contributed by atoms with Crippen molar-refractivity contribution in [3.63, 3.8) is 0 Å². The molecule has 0 bridgehead atoms. The molecule has 1 aromatic rings. The number of nitrogens with one attached hydrogen (secondary N) is 1. The van der Waals surface area contributed by atoms with Gasteiger partial charge >= 0.3 is 0 Å². The highest BCUT2D eigenvalue weighted by Crippen LogP contribution is 2.20. The number of sulfonamides is 2. The van der Waals surface area contributed by atoms with E-state index in [1.807, 2.05) is 0 Å². The van der Waals surface area contributed by atoms with E-state index in [0.717, 1.165) is 6.26 Å². The van der Waals surface area contributed by atoms with Crippen LogP contribution in [0.25, 0.3) is 0 Å². The Hall–Kier alpha value is -1.20. The number of benzene rings is 1. The van der Waals surface area contributed by atoms with E-state index in [9.17, 15) is 16.8 Å². The topological polar surface area (TPSA) is 102 Å². The minimum atomic E-state index is -3.74. The van der Waals surface area contributed by atoms with Gasteiger partial charge in [0.2, 0.25) is 20.0 Å². The molecule has 138 valence electrons. The molecule has 0 atom stereocenters. The Morgan fingerprint density at radius 3 is 2.29 bits per heavy atom. The summed E-state index contributed by atoms with van der Waals surface area (Å²) in [6, 6.07) is 4.63. The van der Waals surface area contributed by atoms with Crippen LogP contribution in [0, 0.1) is 6.92 Å². The molecule has 0 saturated heterocycles. The lowest BCUT2D eigenvalue weighted by atomic mass is 10.2. The van der Waals surface area contributed by atoms with Crippen molar-refractivity contribution in [1.82, 2.24) is 9.03 Å². The van der Waals surface area contributed by atoms with Gasteiger partial charge in [0.15, 0.2) is 0 Å². The lowest BCUT2D eigenvalue weighted by molar-refractivity contribution is 0.179. The fraction of sp³-hybridized carbons (Fsp3) is 0.571. The summed E-state index contributed by atoms with van der Waals surface area (Å²) < 4.78 is 61.5. The van der Waals surface area contributed by atoms with Crippen molar-refractivity contribution in [3.05, 3.63) is 23.8 Å². The van der Waals surface area contributed by atoms with Crippen LogP contribution in [0.5, 0.6) is 5.75 Å². The molecule has 1 rings (SSSR count). The minimum absolute atomic E-state index is 0.0244. The van der Waals surface area contributed by atoms with Crippen LogP contribution in [0.3, 0.4) is 0 Å². The molecule has 0 aliphatic rings. The first kappa shape index (κ1) is 20.8. The number of rotatable bonds is 10. The van der Waals surface area contributed by atoms with E-state index in [4.69, 9.17) is 9.47 Å². The molecule has 0 amide bonds. The second-order valence-electron chi connectivity index (χ2n) is 5.18. The number of ether oxygens (including phenoxy) is 2. The third-order valence-corrected chi connectivity index (χ3v) is 6.26. The van der Waals surface area contributed by atoms with E-state index < -0.39 is 20.0 Å². The molecular formula is C14H24N2O6S2. The van der Waals surface area contributed by atoms with Crippen LogP contribution in [-0.2, 0) is 24.8 Å². The molecule has 0 radical (unpaired) electrons. The highest BCUT2D eigenvalue weighted by Gasteiger charge is 2.20. The Balaban J connectivity index is 2.77. The summed E-state index contributed by atoms with van der Waals surface area (Å²) in [5.74, 6) is 0.564. The molecular weight excluding hydrogens is 356 g/mol. The van der Waals surface area contributed by atoms with Crippen LogP contribution in [-0.4, -0.2) is 67.9 Å². The van der Waals surface area contributed by atoms with Crippen molar-refractivity contribution in [3.8, 4) is 5.75 Å². The third-order valence-electron chi connectivity index (χ3n) is 3.34. The van der Waals surface area contributed by atoms with Crippen molar-refractivity contribution in [1.29, 1.82) is 0 Å². The van der Waals surface area contributed by atoms with Gasteiger partial charge in [-0.15, -0.1) is 0 Å². The first-order valence-electron chi connectivity index (χ1n) is 7.20. The highest BCUT2D eigenvalue weighted by atomic mass is 32.2. The maximum Gasteiger partial charge on any atom is 0.240 e. The van der Waals surface area contributed by atoms with Gasteiger partial charge in [-0.1, -0.05) is 0 Å². The SMILES string of the molecule is COCCN(CCNS(=O)(=O)c1ccc(OC)cc1C)S(C)(=O)=O. The van der Waals surface area contributed by atoms with Gasteiger partial charge in [-0.3, -0.25) is 0 Å². The molecule has 1 aromatic carbocycles. The third kappa shape index (κ3) is 6.02. The molecule has 0 aromatic heterocycles. The fourth-order valence-corrected chi connectivity index (χ4v) is 4.14. The lowest BCUT2D eigenvalue weighted by Crippen LogP contribution is -2.39. The summed E-state index contributed by atoms with van der Waals surface area (Å²) in [4.78, 5) is 0.131. The van der Waals surface area contributed by atoms with Gasteiger partial charge in [-0.2, -0.15) is 4.31 Å². The average molecular weight is 380 g/mol. The molecule has 0 aliphatic carbocycles. The Morgan fingerprint density at radius 1 is 1.12 bits per heavy atom. The van der Waals surface area contributed by atoms with E-state index >= 15 is 0 Å². The van der Waals surface area contributed by atoms with Crippen molar-refractivity contribution < 1.29 is 26.3 Å². The van der Waals surface area contributed by atoms with E-state index in [1.54, 1.807) is 19.1 Å². The van der Waals surface area contributed by atoms with Gasteiger partial charge in [-0.05, 0) is 30.7 Å². The first-order valence-corrected chi connectivity index (χ1v) is 10.5. The summed E-state index contributed by atoms with van der Waals surface area (Å²) in [7, 11) is -4.20.